The van der Waals surface area contributed by atoms with E-state index in [4.69, 9.17) is 0 Å². The van der Waals surface area contributed by atoms with Gasteiger partial charge in [-0.2, -0.15) is 0 Å². The highest BCUT2D eigenvalue weighted by molar-refractivity contribution is 7.14. The SMILES string of the molecule is Cc1cc(C)nc(NNC(=O)CCC(=O)c2ccc(C)s2)n1. The highest BCUT2D eigenvalue weighted by atomic mass is 32.1. The van der Waals surface area contributed by atoms with Crippen molar-refractivity contribution < 1.29 is 9.59 Å². The fourth-order valence-corrected chi connectivity index (χ4v) is 2.74. The lowest BCUT2D eigenvalue weighted by molar-refractivity contribution is -0.120. The number of thiophene rings is 1. The molecule has 0 aliphatic heterocycles. The van der Waals surface area contributed by atoms with E-state index in [-0.39, 0.29) is 24.5 Å². The summed E-state index contributed by atoms with van der Waals surface area (Å²) < 4.78 is 0. The van der Waals surface area contributed by atoms with Gasteiger partial charge in [-0.25, -0.2) is 9.97 Å². The number of hydrogen-bond donors (Lipinski definition) is 2. The first-order valence-corrected chi connectivity index (χ1v) is 7.72. The van der Waals surface area contributed by atoms with Gasteiger partial charge in [-0.05, 0) is 39.0 Å². The molecule has 0 radical (unpaired) electrons. The number of carbonyl (C=O) groups excluding carboxylic acids is 2. The quantitative estimate of drug-likeness (QED) is 0.632. The first-order chi connectivity index (χ1) is 10.4. The van der Waals surface area contributed by atoms with Crippen molar-refractivity contribution in [2.24, 2.45) is 0 Å². The lowest BCUT2D eigenvalue weighted by Gasteiger charge is -2.07. The summed E-state index contributed by atoms with van der Waals surface area (Å²) in [5, 5.41) is 0. The van der Waals surface area contributed by atoms with Crippen molar-refractivity contribution in [2.75, 3.05) is 5.43 Å². The second-order valence-electron chi connectivity index (χ2n) is 4.98. The van der Waals surface area contributed by atoms with E-state index in [1.165, 1.54) is 11.3 Å². The van der Waals surface area contributed by atoms with Gasteiger partial charge >= 0.3 is 0 Å². The monoisotopic (exact) mass is 318 g/mol. The minimum atomic E-state index is -0.274. The summed E-state index contributed by atoms with van der Waals surface area (Å²) in [4.78, 5) is 33.7. The molecule has 22 heavy (non-hydrogen) atoms. The maximum absolute atomic E-state index is 11.9. The van der Waals surface area contributed by atoms with Crippen LogP contribution in [0.25, 0.3) is 0 Å². The van der Waals surface area contributed by atoms with Gasteiger partial charge < -0.3 is 0 Å². The number of nitrogens with one attached hydrogen (secondary N) is 2. The van der Waals surface area contributed by atoms with Gasteiger partial charge in [0, 0.05) is 29.1 Å². The van der Waals surface area contributed by atoms with Crippen LogP contribution in [0.15, 0.2) is 18.2 Å². The molecule has 2 aromatic heterocycles. The Hall–Kier alpha value is -2.28. The fraction of sp³-hybridized carbons (Fsp3) is 0.333. The first-order valence-electron chi connectivity index (χ1n) is 6.91. The molecule has 0 aromatic carbocycles. The van der Waals surface area contributed by atoms with Crippen molar-refractivity contribution >= 4 is 29.0 Å². The number of rotatable bonds is 6. The van der Waals surface area contributed by atoms with Gasteiger partial charge in [0.05, 0.1) is 4.88 Å². The van der Waals surface area contributed by atoms with E-state index in [9.17, 15) is 9.59 Å². The summed E-state index contributed by atoms with van der Waals surface area (Å²) in [7, 11) is 0. The van der Waals surface area contributed by atoms with Crippen LogP contribution in [0.5, 0.6) is 0 Å². The minimum Gasteiger partial charge on any atom is -0.293 e. The molecule has 0 saturated heterocycles. The topological polar surface area (TPSA) is 84.0 Å². The third kappa shape index (κ3) is 4.63. The largest absolute Gasteiger partial charge is 0.293 e. The molecule has 7 heteroatoms. The van der Waals surface area contributed by atoms with Gasteiger partial charge in [0.1, 0.15) is 0 Å². The maximum atomic E-state index is 11.9. The van der Waals surface area contributed by atoms with Crippen LogP contribution >= 0.6 is 11.3 Å². The Labute approximate surface area is 133 Å². The van der Waals surface area contributed by atoms with Crippen molar-refractivity contribution in [3.8, 4) is 0 Å². The second-order valence-corrected chi connectivity index (χ2v) is 6.27. The van der Waals surface area contributed by atoms with Gasteiger partial charge in [-0.3, -0.25) is 20.4 Å². The maximum Gasteiger partial charge on any atom is 0.242 e. The molecule has 6 nitrogen and oxygen atoms in total. The number of amides is 1. The zero-order valence-corrected chi connectivity index (χ0v) is 13.6. The number of aromatic nitrogens is 2. The summed E-state index contributed by atoms with van der Waals surface area (Å²) >= 11 is 1.44. The molecular formula is C15H18N4O2S. The summed E-state index contributed by atoms with van der Waals surface area (Å²) in [5.41, 5.74) is 6.79. The van der Waals surface area contributed by atoms with E-state index in [1.54, 1.807) is 6.07 Å². The van der Waals surface area contributed by atoms with Crippen molar-refractivity contribution in [3.63, 3.8) is 0 Å². The zero-order valence-electron chi connectivity index (χ0n) is 12.8. The number of Topliss-reactive ketones (excluding diaryl/α,β-unsaturated/α-hetero) is 1. The highest BCUT2D eigenvalue weighted by Crippen LogP contribution is 2.17. The molecule has 2 N–H and O–H groups in total. The molecule has 0 saturated carbocycles. The van der Waals surface area contributed by atoms with Crippen LogP contribution in [0.1, 0.15) is 38.8 Å². The lowest BCUT2D eigenvalue weighted by atomic mass is 10.2. The minimum absolute atomic E-state index is 0.0177. The van der Waals surface area contributed by atoms with E-state index in [0.29, 0.717) is 10.8 Å². The number of hydrazine groups is 1. The van der Waals surface area contributed by atoms with Crippen LogP contribution in [0, 0.1) is 20.8 Å². The molecule has 0 unspecified atom stereocenters. The molecule has 0 atom stereocenters. The lowest BCUT2D eigenvalue weighted by Crippen LogP contribution is -2.30. The molecule has 0 spiro atoms. The fourth-order valence-electron chi connectivity index (χ4n) is 1.90. The van der Waals surface area contributed by atoms with E-state index in [1.807, 2.05) is 32.9 Å². The number of nitrogens with zero attached hydrogens (tertiary/aromatic N) is 2. The van der Waals surface area contributed by atoms with Crippen molar-refractivity contribution in [3.05, 3.63) is 39.3 Å². The van der Waals surface area contributed by atoms with Gasteiger partial charge in [-0.1, -0.05) is 0 Å². The van der Waals surface area contributed by atoms with E-state index in [2.05, 4.69) is 20.8 Å². The summed E-state index contributed by atoms with van der Waals surface area (Å²) in [6.07, 6.45) is 0.300. The number of carbonyl (C=O) groups is 2. The average Bonchev–Trinajstić information content (AvgIpc) is 2.88. The molecule has 1 amide bonds. The third-order valence-electron chi connectivity index (χ3n) is 2.89. The second kappa shape index (κ2) is 7.13. The third-order valence-corrected chi connectivity index (χ3v) is 3.93. The summed E-state index contributed by atoms with van der Waals surface area (Å²) in [5.74, 6) is 0.0475. The molecule has 2 heterocycles. The molecule has 0 aliphatic carbocycles. The smallest absolute Gasteiger partial charge is 0.242 e. The van der Waals surface area contributed by atoms with Gasteiger partial charge in [0.25, 0.3) is 0 Å². The zero-order chi connectivity index (χ0) is 16.1. The van der Waals surface area contributed by atoms with E-state index < -0.39 is 0 Å². The Kier molecular flexibility index (Phi) is 5.21. The molecule has 2 aromatic rings. The Balaban J connectivity index is 1.79. The van der Waals surface area contributed by atoms with Crippen molar-refractivity contribution in [1.29, 1.82) is 0 Å². The van der Waals surface area contributed by atoms with Crippen LogP contribution in [-0.2, 0) is 4.79 Å². The van der Waals surface area contributed by atoms with Gasteiger partial charge in [0.2, 0.25) is 11.9 Å². The van der Waals surface area contributed by atoms with Gasteiger partial charge in [0.15, 0.2) is 5.78 Å². The average molecular weight is 318 g/mol. The Morgan fingerprint density at radius 1 is 1.09 bits per heavy atom. The van der Waals surface area contributed by atoms with Crippen molar-refractivity contribution in [2.45, 2.75) is 33.6 Å². The number of aryl methyl sites for hydroxylation is 3. The number of ketones is 1. The van der Waals surface area contributed by atoms with E-state index >= 15 is 0 Å². The molecule has 0 bridgehead atoms. The summed E-state index contributed by atoms with van der Waals surface area (Å²) in [6.45, 7) is 5.65. The van der Waals surface area contributed by atoms with Crippen LogP contribution in [0.3, 0.4) is 0 Å². The Morgan fingerprint density at radius 2 is 1.77 bits per heavy atom. The molecule has 2 rings (SSSR count). The van der Waals surface area contributed by atoms with Gasteiger partial charge in [-0.15, -0.1) is 11.3 Å². The predicted octanol–water partition coefficient (Wildman–Crippen LogP) is 2.57. The van der Waals surface area contributed by atoms with E-state index in [0.717, 1.165) is 16.3 Å². The molecule has 0 fully saturated rings. The Bertz CT molecular complexity index is 676. The van der Waals surface area contributed by atoms with Crippen LogP contribution in [0.2, 0.25) is 0 Å². The Morgan fingerprint density at radius 3 is 2.36 bits per heavy atom. The number of hydrogen-bond acceptors (Lipinski definition) is 6. The highest BCUT2D eigenvalue weighted by Gasteiger charge is 2.11. The normalized spacial score (nSPS) is 10.3. The predicted molar refractivity (Wildman–Crippen MR) is 85.9 cm³/mol. The number of anilines is 1. The summed E-state index contributed by atoms with van der Waals surface area (Å²) in [6, 6.07) is 5.54. The van der Waals surface area contributed by atoms with Crippen LogP contribution < -0.4 is 10.9 Å². The standard InChI is InChI=1S/C15H18N4O2S/c1-9-8-10(2)17-15(16-9)19-18-14(21)7-5-12(20)13-6-4-11(3)22-13/h4,6,8H,5,7H2,1-3H3,(H,18,21)(H,16,17,19). The molecular weight excluding hydrogens is 300 g/mol. The van der Waals surface area contributed by atoms with Crippen LogP contribution in [-0.4, -0.2) is 21.7 Å². The van der Waals surface area contributed by atoms with Crippen molar-refractivity contribution in [1.82, 2.24) is 15.4 Å². The molecule has 116 valence electrons. The molecule has 0 aliphatic rings. The van der Waals surface area contributed by atoms with Crippen LogP contribution in [0.4, 0.5) is 5.95 Å². The first kappa shape index (κ1) is 16.1.